The summed E-state index contributed by atoms with van der Waals surface area (Å²) in [6.07, 6.45) is 0. The van der Waals surface area contributed by atoms with Gasteiger partial charge >= 0.3 is 0 Å². The van der Waals surface area contributed by atoms with Crippen molar-refractivity contribution < 1.29 is 0 Å². The van der Waals surface area contributed by atoms with E-state index >= 15 is 0 Å². The molecule has 0 aromatic carbocycles. The van der Waals surface area contributed by atoms with Gasteiger partial charge < -0.3 is 9.80 Å². The van der Waals surface area contributed by atoms with Crippen LogP contribution in [-0.4, -0.2) is 98.1 Å². The predicted molar refractivity (Wildman–Crippen MR) is 65.7 cm³/mol. The third-order valence-electron chi connectivity index (χ3n) is 4.51. The van der Waals surface area contributed by atoms with Crippen LogP contribution in [0, 0.1) is 0 Å². The fourth-order valence-corrected chi connectivity index (χ4v) is 3.10. The third-order valence-corrected chi connectivity index (χ3v) is 4.51. The zero-order chi connectivity index (χ0) is 11.1. The van der Waals surface area contributed by atoms with Crippen molar-refractivity contribution in [1.82, 2.24) is 19.6 Å². The average Bonchev–Trinajstić information content (AvgIpc) is 2.16. The van der Waals surface area contributed by atoms with Crippen LogP contribution in [0.4, 0.5) is 0 Å². The van der Waals surface area contributed by atoms with Crippen LogP contribution < -0.4 is 0 Å². The van der Waals surface area contributed by atoms with Crippen molar-refractivity contribution >= 4 is 0 Å². The number of likely N-dealkylation sites (N-methyl/N-ethyl adjacent to an activating group) is 2. The van der Waals surface area contributed by atoms with Gasteiger partial charge in [-0.05, 0) is 14.1 Å². The highest BCUT2D eigenvalue weighted by Gasteiger charge is 2.39. The first-order chi connectivity index (χ1) is 7.72. The molecule has 0 unspecified atom stereocenters. The van der Waals surface area contributed by atoms with E-state index in [9.17, 15) is 0 Å². The summed E-state index contributed by atoms with van der Waals surface area (Å²) in [4.78, 5) is 10.2. The van der Waals surface area contributed by atoms with Crippen LogP contribution in [0.5, 0.6) is 0 Å². The number of hydrogen-bond donors (Lipinski definition) is 0. The summed E-state index contributed by atoms with van der Waals surface area (Å²) in [6, 6.07) is 1.73. The summed E-state index contributed by atoms with van der Waals surface area (Å²) in [6.45, 7) is 10.3. The Kier molecular flexibility index (Phi) is 2.92. The molecule has 0 N–H and O–H groups in total. The Hall–Kier alpha value is -0.160. The number of rotatable bonds is 2. The van der Waals surface area contributed by atoms with Gasteiger partial charge in [0.15, 0.2) is 0 Å². The number of piperazine rings is 1. The topological polar surface area (TPSA) is 13.0 Å². The fourth-order valence-electron chi connectivity index (χ4n) is 3.10. The molecule has 3 fully saturated rings. The molecule has 0 aromatic heterocycles. The summed E-state index contributed by atoms with van der Waals surface area (Å²) < 4.78 is 0. The quantitative estimate of drug-likeness (QED) is 0.611. The SMILES string of the molecule is CN1CCN(C2CN(C3CN(C)C3)C2)CC1. The van der Waals surface area contributed by atoms with Crippen LogP contribution in [0.3, 0.4) is 0 Å². The van der Waals surface area contributed by atoms with E-state index in [-0.39, 0.29) is 0 Å². The molecule has 0 radical (unpaired) electrons. The van der Waals surface area contributed by atoms with Gasteiger partial charge in [0.1, 0.15) is 0 Å². The molecule has 0 aliphatic carbocycles. The van der Waals surface area contributed by atoms with Crippen molar-refractivity contribution in [2.45, 2.75) is 12.1 Å². The lowest BCUT2D eigenvalue weighted by molar-refractivity contribution is -0.0523. The molecule has 0 spiro atoms. The Morgan fingerprint density at radius 3 is 1.75 bits per heavy atom. The van der Waals surface area contributed by atoms with Crippen LogP contribution in [0.2, 0.25) is 0 Å². The molecule has 3 heterocycles. The molecule has 0 atom stereocenters. The van der Waals surface area contributed by atoms with Gasteiger partial charge in [0, 0.05) is 64.4 Å². The standard InChI is InChI=1S/C12H24N4/c1-13-3-5-15(6-4-13)12-9-16(10-12)11-7-14(2)8-11/h11-12H,3-10H2,1-2H3. The molecule has 3 rings (SSSR count). The highest BCUT2D eigenvalue weighted by molar-refractivity contribution is 4.97. The van der Waals surface area contributed by atoms with Gasteiger partial charge in [-0.25, -0.2) is 0 Å². The zero-order valence-electron chi connectivity index (χ0n) is 10.6. The Balaban J connectivity index is 1.40. The number of likely N-dealkylation sites (tertiary alicyclic amines) is 2. The second kappa shape index (κ2) is 4.26. The Labute approximate surface area is 98.8 Å². The molecule has 3 aliphatic heterocycles. The second-order valence-corrected chi connectivity index (χ2v) is 5.82. The number of nitrogens with zero attached hydrogens (tertiary/aromatic N) is 4. The average molecular weight is 224 g/mol. The summed E-state index contributed by atoms with van der Waals surface area (Å²) >= 11 is 0. The monoisotopic (exact) mass is 224 g/mol. The van der Waals surface area contributed by atoms with E-state index in [2.05, 4.69) is 33.7 Å². The lowest BCUT2D eigenvalue weighted by Gasteiger charge is -2.54. The molecule has 16 heavy (non-hydrogen) atoms. The molecule has 92 valence electrons. The van der Waals surface area contributed by atoms with E-state index in [1.165, 1.54) is 52.4 Å². The predicted octanol–water partition coefficient (Wildman–Crippen LogP) is -0.768. The van der Waals surface area contributed by atoms with Crippen LogP contribution in [0.25, 0.3) is 0 Å². The molecule has 3 aliphatic rings. The first-order valence-corrected chi connectivity index (χ1v) is 6.57. The van der Waals surface area contributed by atoms with Crippen LogP contribution in [0.1, 0.15) is 0 Å². The summed E-state index contributed by atoms with van der Waals surface area (Å²) in [5.41, 5.74) is 0. The molecule has 0 bridgehead atoms. The van der Waals surface area contributed by atoms with Crippen molar-refractivity contribution in [3.63, 3.8) is 0 Å². The third kappa shape index (κ3) is 1.99. The fraction of sp³-hybridized carbons (Fsp3) is 1.00. The van der Waals surface area contributed by atoms with E-state index in [1.807, 2.05) is 0 Å². The molecular formula is C12H24N4. The first kappa shape index (κ1) is 11.0. The molecule has 4 heteroatoms. The van der Waals surface area contributed by atoms with Crippen LogP contribution in [0.15, 0.2) is 0 Å². The zero-order valence-corrected chi connectivity index (χ0v) is 10.6. The molecule has 4 nitrogen and oxygen atoms in total. The van der Waals surface area contributed by atoms with E-state index < -0.39 is 0 Å². The van der Waals surface area contributed by atoms with Crippen molar-refractivity contribution in [3.05, 3.63) is 0 Å². The van der Waals surface area contributed by atoms with Crippen molar-refractivity contribution in [2.75, 3.05) is 66.5 Å². The summed E-state index contributed by atoms with van der Waals surface area (Å²) in [7, 11) is 4.45. The van der Waals surface area contributed by atoms with Gasteiger partial charge in [0.05, 0.1) is 0 Å². The molecular weight excluding hydrogens is 200 g/mol. The Morgan fingerprint density at radius 2 is 1.19 bits per heavy atom. The van der Waals surface area contributed by atoms with E-state index in [0.717, 1.165) is 12.1 Å². The van der Waals surface area contributed by atoms with Gasteiger partial charge in [0.2, 0.25) is 0 Å². The van der Waals surface area contributed by atoms with E-state index in [0.29, 0.717) is 0 Å². The maximum atomic E-state index is 2.69. The maximum Gasteiger partial charge on any atom is 0.0351 e. The van der Waals surface area contributed by atoms with E-state index in [4.69, 9.17) is 0 Å². The van der Waals surface area contributed by atoms with Gasteiger partial charge in [-0.2, -0.15) is 0 Å². The smallest absolute Gasteiger partial charge is 0.0351 e. The largest absolute Gasteiger partial charge is 0.304 e. The highest BCUT2D eigenvalue weighted by Crippen LogP contribution is 2.23. The maximum absolute atomic E-state index is 2.69. The van der Waals surface area contributed by atoms with Gasteiger partial charge in [-0.3, -0.25) is 9.80 Å². The van der Waals surface area contributed by atoms with Crippen LogP contribution in [-0.2, 0) is 0 Å². The van der Waals surface area contributed by atoms with E-state index in [1.54, 1.807) is 0 Å². The molecule has 0 aromatic rings. The van der Waals surface area contributed by atoms with Gasteiger partial charge in [-0.1, -0.05) is 0 Å². The van der Waals surface area contributed by atoms with Crippen molar-refractivity contribution in [2.24, 2.45) is 0 Å². The summed E-state index contributed by atoms with van der Waals surface area (Å²) in [5.74, 6) is 0. The first-order valence-electron chi connectivity index (χ1n) is 6.57. The van der Waals surface area contributed by atoms with Crippen LogP contribution >= 0.6 is 0 Å². The lowest BCUT2D eigenvalue weighted by Crippen LogP contribution is -2.70. The minimum absolute atomic E-state index is 0.861. The highest BCUT2D eigenvalue weighted by atomic mass is 15.4. The van der Waals surface area contributed by atoms with Gasteiger partial charge in [0.25, 0.3) is 0 Å². The normalized spacial score (nSPS) is 32.6. The summed E-state index contributed by atoms with van der Waals surface area (Å²) in [5, 5.41) is 0. The molecule has 0 saturated carbocycles. The number of hydrogen-bond acceptors (Lipinski definition) is 4. The Bertz CT molecular complexity index is 237. The lowest BCUT2D eigenvalue weighted by atomic mass is 9.99. The molecule has 3 saturated heterocycles. The van der Waals surface area contributed by atoms with Crippen molar-refractivity contribution in [3.8, 4) is 0 Å². The minimum atomic E-state index is 0.861. The van der Waals surface area contributed by atoms with Gasteiger partial charge in [-0.15, -0.1) is 0 Å². The Morgan fingerprint density at radius 1 is 0.625 bits per heavy atom. The van der Waals surface area contributed by atoms with Crippen molar-refractivity contribution in [1.29, 1.82) is 0 Å². The minimum Gasteiger partial charge on any atom is -0.304 e. The second-order valence-electron chi connectivity index (χ2n) is 5.82. The molecule has 0 amide bonds.